The van der Waals surface area contributed by atoms with Crippen molar-refractivity contribution in [3.63, 3.8) is 0 Å². The SMILES string of the molecule is COC(=O)N[C@@H](Cc1ccccc1)C(=O)N[C@@H](Cc1ccc(NS(=O)O)cc1)C1=CSC(c2ccco2)N1. The molecule has 4 atom stereocenters. The van der Waals surface area contributed by atoms with Crippen LogP contribution in [0, 0.1) is 0 Å². The Morgan fingerprint density at radius 2 is 1.79 bits per heavy atom. The molecule has 0 saturated heterocycles. The first kappa shape index (κ1) is 27.3. The van der Waals surface area contributed by atoms with Crippen molar-refractivity contribution in [2.75, 3.05) is 11.8 Å². The van der Waals surface area contributed by atoms with E-state index in [9.17, 15) is 13.8 Å². The highest BCUT2D eigenvalue weighted by Crippen LogP contribution is 2.35. The van der Waals surface area contributed by atoms with Gasteiger partial charge in [-0.2, -0.15) is 0 Å². The lowest BCUT2D eigenvalue weighted by Gasteiger charge is -2.25. The molecule has 2 heterocycles. The number of nitrogens with one attached hydrogen (secondary N) is 4. The van der Waals surface area contributed by atoms with E-state index in [4.69, 9.17) is 13.7 Å². The summed E-state index contributed by atoms with van der Waals surface area (Å²) in [6, 6.07) is 18.8. The molecule has 2 amide bonds. The summed E-state index contributed by atoms with van der Waals surface area (Å²) in [6.07, 6.45) is 1.61. The maximum Gasteiger partial charge on any atom is 0.407 e. The Labute approximate surface area is 227 Å². The van der Waals surface area contributed by atoms with Gasteiger partial charge >= 0.3 is 6.09 Å². The van der Waals surface area contributed by atoms with Crippen LogP contribution in [0.3, 0.4) is 0 Å². The second-order valence-electron chi connectivity index (χ2n) is 8.44. The number of hydrogen-bond donors (Lipinski definition) is 5. The first-order valence-corrected chi connectivity index (χ1v) is 13.8. The van der Waals surface area contributed by atoms with Crippen molar-refractivity contribution >= 4 is 40.7 Å². The molecule has 2 unspecified atom stereocenters. The molecular weight excluding hydrogens is 528 g/mol. The molecule has 0 bridgehead atoms. The molecule has 10 nitrogen and oxygen atoms in total. The second-order valence-corrected chi connectivity index (χ2v) is 10.1. The molecule has 1 aliphatic heterocycles. The van der Waals surface area contributed by atoms with Gasteiger partial charge in [0.25, 0.3) is 11.3 Å². The average molecular weight is 557 g/mol. The van der Waals surface area contributed by atoms with E-state index in [1.54, 1.807) is 18.4 Å². The molecule has 0 aliphatic carbocycles. The zero-order valence-corrected chi connectivity index (χ0v) is 22.1. The molecule has 0 fully saturated rings. The molecule has 38 heavy (non-hydrogen) atoms. The van der Waals surface area contributed by atoms with Gasteiger partial charge in [0.15, 0.2) is 0 Å². The van der Waals surface area contributed by atoms with Crippen molar-refractivity contribution in [1.29, 1.82) is 0 Å². The molecule has 200 valence electrons. The Morgan fingerprint density at radius 3 is 2.45 bits per heavy atom. The van der Waals surface area contributed by atoms with Crippen LogP contribution in [0.1, 0.15) is 22.3 Å². The van der Waals surface area contributed by atoms with Gasteiger partial charge < -0.3 is 25.1 Å². The fourth-order valence-corrected chi connectivity index (χ4v) is 5.26. The number of benzene rings is 2. The van der Waals surface area contributed by atoms with Gasteiger partial charge in [0.1, 0.15) is 17.2 Å². The summed E-state index contributed by atoms with van der Waals surface area (Å²) < 4.78 is 32.8. The Balaban J connectivity index is 1.53. The first-order chi connectivity index (χ1) is 18.4. The molecule has 0 radical (unpaired) electrons. The molecule has 5 N–H and O–H groups in total. The Morgan fingerprint density at radius 1 is 1.05 bits per heavy atom. The fourth-order valence-electron chi connectivity index (χ4n) is 3.94. The van der Waals surface area contributed by atoms with E-state index in [0.717, 1.165) is 22.6 Å². The van der Waals surface area contributed by atoms with Gasteiger partial charge in [0, 0.05) is 17.8 Å². The summed E-state index contributed by atoms with van der Waals surface area (Å²) in [5.41, 5.74) is 3.06. The van der Waals surface area contributed by atoms with Crippen molar-refractivity contribution in [3.05, 3.63) is 101 Å². The number of carbonyl (C=O) groups is 2. The van der Waals surface area contributed by atoms with Crippen molar-refractivity contribution in [2.45, 2.75) is 30.3 Å². The quantitative estimate of drug-likeness (QED) is 0.225. The van der Waals surface area contributed by atoms with E-state index in [1.165, 1.54) is 18.9 Å². The third kappa shape index (κ3) is 7.63. The highest BCUT2D eigenvalue weighted by atomic mass is 32.2. The van der Waals surface area contributed by atoms with Gasteiger partial charge in [-0.3, -0.25) is 14.1 Å². The maximum absolute atomic E-state index is 13.5. The standard InChI is InChI=1S/C26H28N4O6S2/c1-35-26(32)29-21(15-17-6-3-2-4-7-17)24(31)27-20(14-18-9-11-19(12-10-18)30-38(33)34)22-16-37-25(28-22)23-8-5-13-36-23/h2-13,16,20-21,25,28,30H,14-15H2,1H3,(H,27,31)(H,29,32)(H,33,34)/t20-,21-,25?/m0/s1. The van der Waals surface area contributed by atoms with E-state index >= 15 is 0 Å². The monoisotopic (exact) mass is 556 g/mol. The van der Waals surface area contributed by atoms with Gasteiger partial charge in [-0.05, 0) is 47.2 Å². The van der Waals surface area contributed by atoms with Crippen LogP contribution < -0.4 is 20.7 Å². The number of methoxy groups -OCH3 is 1. The Hall–Kier alpha value is -3.74. The van der Waals surface area contributed by atoms with Gasteiger partial charge in [0.05, 0.1) is 19.4 Å². The van der Waals surface area contributed by atoms with E-state index in [0.29, 0.717) is 12.1 Å². The molecule has 4 rings (SSSR count). The molecule has 0 saturated carbocycles. The third-order valence-corrected chi connectivity index (χ3v) is 7.22. The average Bonchev–Trinajstić information content (AvgIpc) is 3.62. The Bertz CT molecular complexity index is 1270. The highest BCUT2D eigenvalue weighted by molar-refractivity contribution is 8.02. The van der Waals surface area contributed by atoms with Crippen LogP contribution in [0.25, 0.3) is 0 Å². The number of rotatable bonds is 11. The summed E-state index contributed by atoms with van der Waals surface area (Å²) in [6.45, 7) is 0. The topological polar surface area (TPSA) is 142 Å². The van der Waals surface area contributed by atoms with E-state index in [-0.39, 0.29) is 17.7 Å². The summed E-state index contributed by atoms with van der Waals surface area (Å²) in [4.78, 5) is 25.5. The van der Waals surface area contributed by atoms with Crippen molar-refractivity contribution in [2.24, 2.45) is 0 Å². The number of anilines is 1. The minimum atomic E-state index is -2.17. The summed E-state index contributed by atoms with van der Waals surface area (Å²) in [5.74, 6) is 0.389. The fraction of sp³-hybridized carbons (Fsp3) is 0.231. The van der Waals surface area contributed by atoms with Crippen LogP contribution in [0.15, 0.2) is 88.5 Å². The second kappa shape index (κ2) is 13.2. The zero-order chi connectivity index (χ0) is 26.9. The van der Waals surface area contributed by atoms with Gasteiger partial charge in [-0.25, -0.2) is 9.00 Å². The van der Waals surface area contributed by atoms with E-state index in [2.05, 4.69) is 20.7 Å². The normalized spacial score (nSPS) is 16.9. The van der Waals surface area contributed by atoms with Crippen LogP contribution in [0.4, 0.5) is 10.5 Å². The predicted molar refractivity (Wildman–Crippen MR) is 146 cm³/mol. The zero-order valence-electron chi connectivity index (χ0n) is 20.5. The largest absolute Gasteiger partial charge is 0.466 e. The van der Waals surface area contributed by atoms with Crippen molar-refractivity contribution in [1.82, 2.24) is 16.0 Å². The molecule has 1 aromatic heterocycles. The van der Waals surface area contributed by atoms with Crippen LogP contribution in [-0.4, -0.2) is 40.0 Å². The molecule has 0 spiro atoms. The van der Waals surface area contributed by atoms with E-state index < -0.39 is 29.4 Å². The summed E-state index contributed by atoms with van der Waals surface area (Å²) in [5, 5.41) is 10.9. The summed E-state index contributed by atoms with van der Waals surface area (Å²) in [7, 11) is 1.25. The van der Waals surface area contributed by atoms with Gasteiger partial charge in [0.2, 0.25) is 5.91 Å². The van der Waals surface area contributed by atoms with Crippen molar-refractivity contribution < 1.29 is 27.5 Å². The van der Waals surface area contributed by atoms with Crippen LogP contribution in [0.2, 0.25) is 0 Å². The van der Waals surface area contributed by atoms with Gasteiger partial charge in [-0.1, -0.05) is 54.2 Å². The number of hydrogen-bond acceptors (Lipinski definition) is 7. The van der Waals surface area contributed by atoms with Crippen molar-refractivity contribution in [3.8, 4) is 0 Å². The third-order valence-electron chi connectivity index (χ3n) is 5.80. The van der Waals surface area contributed by atoms with Crippen LogP contribution in [-0.2, 0) is 33.6 Å². The van der Waals surface area contributed by atoms with Crippen LogP contribution >= 0.6 is 11.8 Å². The maximum atomic E-state index is 13.5. The predicted octanol–water partition coefficient (Wildman–Crippen LogP) is 3.70. The lowest BCUT2D eigenvalue weighted by Crippen LogP contribution is -2.52. The lowest BCUT2D eigenvalue weighted by atomic mass is 10.0. The number of carbonyl (C=O) groups excluding carboxylic acids is 2. The summed E-state index contributed by atoms with van der Waals surface area (Å²) >= 11 is -0.644. The molecule has 2 aromatic carbocycles. The smallest absolute Gasteiger partial charge is 0.407 e. The number of amides is 2. The Kier molecular flexibility index (Phi) is 9.46. The van der Waals surface area contributed by atoms with E-state index in [1.807, 2.05) is 60.0 Å². The minimum Gasteiger partial charge on any atom is -0.466 e. The minimum absolute atomic E-state index is 0.140. The highest BCUT2D eigenvalue weighted by Gasteiger charge is 2.30. The number of thioether (sulfide) groups is 1. The first-order valence-electron chi connectivity index (χ1n) is 11.7. The molecular formula is C26H28N4O6S2. The molecule has 12 heteroatoms. The lowest BCUT2D eigenvalue weighted by molar-refractivity contribution is -0.123. The van der Waals surface area contributed by atoms with Crippen LogP contribution in [0.5, 0.6) is 0 Å². The number of furan rings is 1. The number of ether oxygens (including phenoxy) is 1. The molecule has 3 aromatic rings. The number of alkyl carbamates (subject to hydrolysis) is 1. The van der Waals surface area contributed by atoms with Gasteiger partial charge in [-0.15, -0.1) is 0 Å². The molecule has 1 aliphatic rings.